The molecule has 0 aromatic heterocycles. The third-order valence-electron chi connectivity index (χ3n) is 6.12. The zero-order valence-electron chi connectivity index (χ0n) is 19.5. The average molecular weight is 495 g/mol. The van der Waals surface area contributed by atoms with Crippen LogP contribution in [0.25, 0.3) is 0 Å². The molecule has 0 unspecified atom stereocenters. The van der Waals surface area contributed by atoms with Gasteiger partial charge in [0.25, 0.3) is 5.91 Å². The number of hydrogen-bond donors (Lipinski definition) is 1. The molecule has 0 spiro atoms. The summed E-state index contributed by atoms with van der Waals surface area (Å²) in [5, 5.41) is 2.82. The van der Waals surface area contributed by atoms with Gasteiger partial charge in [-0.3, -0.25) is 4.79 Å². The number of nitrogens with one attached hydrogen (secondary N) is 1. The highest BCUT2D eigenvalue weighted by molar-refractivity contribution is 7.89. The van der Waals surface area contributed by atoms with Crippen LogP contribution in [0, 0.1) is 6.92 Å². The van der Waals surface area contributed by atoms with E-state index in [1.54, 1.807) is 37.4 Å². The van der Waals surface area contributed by atoms with E-state index < -0.39 is 15.9 Å². The maximum atomic E-state index is 13.7. The minimum absolute atomic E-state index is 0.0742. The van der Waals surface area contributed by atoms with Gasteiger partial charge in [0.15, 0.2) is 11.5 Å². The molecule has 2 heterocycles. The van der Waals surface area contributed by atoms with E-state index in [1.807, 2.05) is 19.1 Å². The summed E-state index contributed by atoms with van der Waals surface area (Å²) in [6.07, 6.45) is 2.56. The summed E-state index contributed by atoms with van der Waals surface area (Å²) < 4.78 is 46.2. The molecule has 1 fully saturated rings. The number of amides is 1. The molecule has 0 aliphatic carbocycles. The van der Waals surface area contributed by atoms with Crippen molar-refractivity contribution in [1.29, 1.82) is 0 Å². The van der Waals surface area contributed by atoms with Gasteiger partial charge in [0.1, 0.15) is 22.1 Å². The third kappa shape index (κ3) is 4.56. The van der Waals surface area contributed by atoms with E-state index in [0.717, 1.165) is 24.8 Å². The Hall–Kier alpha value is -3.56. The lowest BCUT2D eigenvalue weighted by atomic mass is 10.1. The fourth-order valence-corrected chi connectivity index (χ4v) is 5.86. The van der Waals surface area contributed by atoms with E-state index in [2.05, 4.69) is 5.32 Å². The Kier molecular flexibility index (Phi) is 6.12. The molecule has 9 heteroatoms. The number of sulfonamides is 1. The minimum atomic E-state index is -3.92. The Morgan fingerprint density at radius 2 is 1.63 bits per heavy atom. The number of ether oxygens (including phenoxy) is 3. The van der Waals surface area contributed by atoms with Crippen LogP contribution >= 0.6 is 0 Å². The van der Waals surface area contributed by atoms with E-state index in [0.29, 0.717) is 36.0 Å². The van der Waals surface area contributed by atoms with Crippen molar-refractivity contribution < 1.29 is 27.4 Å². The van der Waals surface area contributed by atoms with Gasteiger partial charge >= 0.3 is 0 Å². The number of piperidine rings is 1. The molecule has 5 rings (SSSR count). The van der Waals surface area contributed by atoms with Gasteiger partial charge in [-0.2, -0.15) is 4.31 Å². The summed E-state index contributed by atoms with van der Waals surface area (Å²) in [7, 11) is -2.36. The monoisotopic (exact) mass is 494 g/mol. The van der Waals surface area contributed by atoms with Gasteiger partial charge in [0, 0.05) is 19.2 Å². The maximum absolute atomic E-state index is 13.7. The van der Waals surface area contributed by atoms with Gasteiger partial charge in [-0.15, -0.1) is 0 Å². The molecule has 2 aliphatic rings. The molecule has 0 atom stereocenters. The quantitative estimate of drug-likeness (QED) is 0.515. The van der Waals surface area contributed by atoms with Gasteiger partial charge in [0.05, 0.1) is 18.4 Å². The van der Waals surface area contributed by atoms with E-state index >= 15 is 0 Å². The van der Waals surface area contributed by atoms with Crippen LogP contribution in [0.15, 0.2) is 59.5 Å². The predicted octanol–water partition coefficient (Wildman–Crippen LogP) is 5.33. The van der Waals surface area contributed by atoms with Crippen molar-refractivity contribution in [3.8, 4) is 28.7 Å². The first kappa shape index (κ1) is 23.2. The van der Waals surface area contributed by atoms with Crippen LogP contribution in [0.2, 0.25) is 0 Å². The minimum Gasteiger partial charge on any atom is -0.497 e. The molecule has 2 aliphatic heterocycles. The molecular formula is C26H26N2O6S. The Morgan fingerprint density at radius 1 is 0.914 bits per heavy atom. The molecule has 1 amide bonds. The zero-order valence-corrected chi connectivity index (χ0v) is 20.4. The molecule has 3 aromatic rings. The van der Waals surface area contributed by atoms with Crippen LogP contribution in [-0.2, 0) is 10.0 Å². The van der Waals surface area contributed by atoms with Gasteiger partial charge in [-0.25, -0.2) is 8.42 Å². The number of anilines is 1. The summed E-state index contributed by atoms with van der Waals surface area (Å²) in [5.74, 6) is 1.40. The van der Waals surface area contributed by atoms with E-state index in [9.17, 15) is 13.2 Å². The summed E-state index contributed by atoms with van der Waals surface area (Å²) in [6.45, 7) is 2.77. The van der Waals surface area contributed by atoms with Crippen molar-refractivity contribution in [1.82, 2.24) is 4.31 Å². The largest absolute Gasteiger partial charge is 0.497 e. The van der Waals surface area contributed by atoms with Crippen LogP contribution in [0.3, 0.4) is 0 Å². The van der Waals surface area contributed by atoms with Gasteiger partial charge < -0.3 is 19.5 Å². The summed E-state index contributed by atoms with van der Waals surface area (Å²) in [4.78, 5) is 13.0. The highest BCUT2D eigenvalue weighted by atomic mass is 32.2. The highest BCUT2D eigenvalue weighted by Gasteiger charge is 2.33. The highest BCUT2D eigenvalue weighted by Crippen LogP contribution is 2.42. The second kappa shape index (κ2) is 9.24. The van der Waals surface area contributed by atoms with Gasteiger partial charge in [-0.05, 0) is 67.8 Å². The SMILES string of the molecule is COc1ccc(Oc2cc3c(cc2S(=O)(=O)N2CCCCC2)C(=O)Nc2ccc(C)cc2O3)cc1. The number of carbonyl (C=O) groups is 1. The number of benzene rings is 3. The third-order valence-corrected chi connectivity index (χ3v) is 8.04. The molecule has 0 radical (unpaired) electrons. The normalized spacial score (nSPS) is 15.8. The van der Waals surface area contributed by atoms with E-state index in [1.165, 1.54) is 16.4 Å². The van der Waals surface area contributed by atoms with E-state index in [4.69, 9.17) is 14.2 Å². The van der Waals surface area contributed by atoms with Crippen LogP contribution in [0.5, 0.6) is 28.7 Å². The fourth-order valence-electron chi connectivity index (χ4n) is 4.22. The number of hydrogen-bond acceptors (Lipinski definition) is 6. The van der Waals surface area contributed by atoms with Crippen molar-refractivity contribution in [3.63, 3.8) is 0 Å². The maximum Gasteiger partial charge on any atom is 0.259 e. The Morgan fingerprint density at radius 3 is 2.34 bits per heavy atom. The van der Waals surface area contributed by atoms with Crippen molar-refractivity contribution in [2.24, 2.45) is 0 Å². The van der Waals surface area contributed by atoms with Crippen molar-refractivity contribution >= 4 is 21.6 Å². The number of nitrogens with zero attached hydrogens (tertiary/aromatic N) is 1. The number of aryl methyl sites for hydroxylation is 1. The topological polar surface area (TPSA) is 94.2 Å². The number of rotatable bonds is 5. The first-order chi connectivity index (χ1) is 16.8. The standard InChI is InChI=1S/C26H26N2O6S/c1-17-6-11-21-23(14-17)34-22-16-24(33-19-9-7-18(32-2)8-10-19)25(15-20(22)26(29)27-21)35(30,31)28-12-4-3-5-13-28/h6-11,14-16H,3-5,12-13H2,1-2H3,(H,27,29). The van der Waals surface area contributed by atoms with Crippen molar-refractivity contribution in [2.75, 3.05) is 25.5 Å². The molecule has 35 heavy (non-hydrogen) atoms. The molecule has 3 aromatic carbocycles. The molecule has 0 bridgehead atoms. The lowest BCUT2D eigenvalue weighted by molar-refractivity contribution is 0.102. The summed E-state index contributed by atoms with van der Waals surface area (Å²) in [5.41, 5.74) is 1.59. The number of carbonyl (C=O) groups excluding carboxylic acids is 1. The Labute approximate surface area is 204 Å². The predicted molar refractivity (Wildman–Crippen MR) is 131 cm³/mol. The fraction of sp³-hybridized carbons (Fsp3) is 0.269. The van der Waals surface area contributed by atoms with Crippen LogP contribution in [0.1, 0.15) is 35.2 Å². The summed E-state index contributed by atoms with van der Waals surface area (Å²) >= 11 is 0. The molecule has 182 valence electrons. The molecule has 1 N–H and O–H groups in total. The molecule has 8 nitrogen and oxygen atoms in total. The number of methoxy groups -OCH3 is 1. The second-order valence-electron chi connectivity index (χ2n) is 8.59. The lowest BCUT2D eigenvalue weighted by Crippen LogP contribution is -2.35. The second-order valence-corrected chi connectivity index (χ2v) is 10.5. The summed E-state index contributed by atoms with van der Waals surface area (Å²) in [6, 6.07) is 15.1. The number of fused-ring (bicyclic) bond motifs is 2. The van der Waals surface area contributed by atoms with Crippen LogP contribution < -0.4 is 19.5 Å². The lowest BCUT2D eigenvalue weighted by Gasteiger charge is -2.27. The van der Waals surface area contributed by atoms with Crippen LogP contribution in [-0.4, -0.2) is 38.8 Å². The van der Waals surface area contributed by atoms with E-state index in [-0.39, 0.29) is 22.0 Å². The Balaban J connectivity index is 1.63. The smallest absolute Gasteiger partial charge is 0.259 e. The van der Waals surface area contributed by atoms with Crippen molar-refractivity contribution in [3.05, 3.63) is 65.7 Å². The van der Waals surface area contributed by atoms with Crippen LogP contribution in [0.4, 0.5) is 5.69 Å². The Bertz CT molecular complexity index is 1380. The van der Waals surface area contributed by atoms with Crippen molar-refractivity contribution in [2.45, 2.75) is 31.1 Å². The first-order valence-electron chi connectivity index (χ1n) is 11.4. The molecular weight excluding hydrogens is 468 g/mol. The van der Waals surface area contributed by atoms with Gasteiger partial charge in [-0.1, -0.05) is 12.5 Å². The van der Waals surface area contributed by atoms with Gasteiger partial charge in [0.2, 0.25) is 10.0 Å². The first-order valence-corrected chi connectivity index (χ1v) is 12.9. The molecule has 0 saturated carbocycles. The zero-order chi connectivity index (χ0) is 24.6. The molecule has 1 saturated heterocycles. The average Bonchev–Trinajstić information content (AvgIpc) is 2.99.